The molecule has 1 rings (SSSR count). The number of piperidine rings is 1. The summed E-state index contributed by atoms with van der Waals surface area (Å²) in [6, 6.07) is -0.713. The van der Waals surface area contributed by atoms with Crippen LogP contribution in [0.4, 0.5) is 0 Å². The van der Waals surface area contributed by atoms with Crippen molar-refractivity contribution in [2.75, 3.05) is 18.9 Å². The van der Waals surface area contributed by atoms with E-state index < -0.39 is 6.04 Å². The van der Waals surface area contributed by atoms with E-state index in [9.17, 15) is 14.7 Å². The third kappa shape index (κ3) is 3.89. The molecule has 98 valence electrons. The van der Waals surface area contributed by atoms with Gasteiger partial charge in [-0.15, -0.1) is 0 Å². The van der Waals surface area contributed by atoms with Crippen LogP contribution in [0.25, 0.3) is 0 Å². The molecule has 2 unspecified atom stereocenters. The van der Waals surface area contributed by atoms with Gasteiger partial charge in [-0.25, -0.2) is 0 Å². The number of thiol groups is 1. The molecule has 0 bridgehead atoms. The fourth-order valence-electron chi connectivity index (χ4n) is 2.11. The lowest BCUT2D eigenvalue weighted by molar-refractivity contribution is -0.139. The molecule has 0 radical (unpaired) electrons. The van der Waals surface area contributed by atoms with Gasteiger partial charge in [-0.3, -0.25) is 9.59 Å². The van der Waals surface area contributed by atoms with Crippen LogP contribution in [0.2, 0.25) is 0 Å². The van der Waals surface area contributed by atoms with Crippen LogP contribution in [0.5, 0.6) is 0 Å². The molecule has 1 heterocycles. The van der Waals surface area contributed by atoms with Crippen molar-refractivity contribution in [3.05, 3.63) is 0 Å². The van der Waals surface area contributed by atoms with E-state index in [4.69, 9.17) is 0 Å². The van der Waals surface area contributed by atoms with Crippen LogP contribution in [-0.2, 0) is 9.59 Å². The van der Waals surface area contributed by atoms with Crippen molar-refractivity contribution in [3.8, 4) is 0 Å². The molecule has 0 aromatic carbocycles. The molecule has 2 atom stereocenters. The maximum absolute atomic E-state index is 12.2. The molecule has 2 N–H and O–H groups in total. The van der Waals surface area contributed by atoms with Crippen molar-refractivity contribution in [1.82, 2.24) is 10.2 Å². The Balaban J connectivity index is 2.67. The molecule has 5 nitrogen and oxygen atoms in total. The van der Waals surface area contributed by atoms with Gasteiger partial charge in [0.2, 0.25) is 11.8 Å². The third-order valence-corrected chi connectivity index (χ3v) is 3.34. The number of carbonyl (C=O) groups is 2. The highest BCUT2D eigenvalue weighted by Crippen LogP contribution is 2.17. The summed E-state index contributed by atoms with van der Waals surface area (Å²) < 4.78 is 0. The molecule has 1 aliphatic heterocycles. The van der Waals surface area contributed by atoms with E-state index in [1.807, 2.05) is 0 Å². The second kappa shape index (κ2) is 6.86. The van der Waals surface area contributed by atoms with Crippen molar-refractivity contribution in [2.24, 2.45) is 0 Å². The van der Waals surface area contributed by atoms with Gasteiger partial charge in [0, 0.05) is 19.2 Å². The zero-order valence-corrected chi connectivity index (χ0v) is 10.9. The summed E-state index contributed by atoms with van der Waals surface area (Å²) in [6.45, 7) is 2.00. The largest absolute Gasteiger partial charge is 0.394 e. The van der Waals surface area contributed by atoms with Gasteiger partial charge in [0.05, 0.1) is 12.6 Å². The minimum atomic E-state index is -0.594. The average molecular weight is 260 g/mol. The first-order valence-corrected chi connectivity index (χ1v) is 6.52. The van der Waals surface area contributed by atoms with Crippen molar-refractivity contribution in [3.63, 3.8) is 0 Å². The molecule has 1 fully saturated rings. The number of amides is 2. The number of hydrogen-bond acceptors (Lipinski definition) is 4. The number of rotatable bonds is 4. The Labute approximate surface area is 107 Å². The molecular weight excluding hydrogens is 240 g/mol. The van der Waals surface area contributed by atoms with Crippen LogP contribution < -0.4 is 5.32 Å². The fraction of sp³-hybridized carbons (Fsp3) is 0.818. The molecule has 0 aromatic rings. The van der Waals surface area contributed by atoms with E-state index in [1.54, 1.807) is 4.90 Å². The van der Waals surface area contributed by atoms with Gasteiger partial charge in [-0.1, -0.05) is 0 Å². The van der Waals surface area contributed by atoms with Crippen LogP contribution in [-0.4, -0.2) is 52.8 Å². The molecule has 0 aliphatic carbocycles. The number of hydrogen-bond donors (Lipinski definition) is 3. The lowest BCUT2D eigenvalue weighted by atomic mass is 10.0. The minimum absolute atomic E-state index is 0.0227. The summed E-state index contributed by atoms with van der Waals surface area (Å²) in [5.41, 5.74) is 0. The van der Waals surface area contributed by atoms with E-state index in [0.29, 0.717) is 6.54 Å². The van der Waals surface area contributed by atoms with Crippen LogP contribution >= 0.6 is 12.6 Å². The van der Waals surface area contributed by atoms with E-state index in [-0.39, 0.29) is 30.2 Å². The second-order valence-corrected chi connectivity index (χ2v) is 4.66. The molecule has 2 amide bonds. The van der Waals surface area contributed by atoms with Gasteiger partial charge >= 0.3 is 0 Å². The Bertz CT molecular complexity index is 286. The quantitative estimate of drug-likeness (QED) is 0.613. The van der Waals surface area contributed by atoms with Crippen molar-refractivity contribution >= 4 is 24.4 Å². The molecule has 0 spiro atoms. The lowest BCUT2D eigenvalue weighted by Crippen LogP contribution is -2.54. The summed E-state index contributed by atoms with van der Waals surface area (Å²) in [5.74, 6) is -0.114. The first kappa shape index (κ1) is 14.3. The van der Waals surface area contributed by atoms with E-state index >= 15 is 0 Å². The Morgan fingerprint density at radius 2 is 2.24 bits per heavy atom. The average Bonchev–Trinajstić information content (AvgIpc) is 2.34. The zero-order chi connectivity index (χ0) is 12.8. The molecule has 1 saturated heterocycles. The molecular formula is C11H20N2O3S. The standard InChI is InChI=1S/C11H20N2O3S/c1-8(15)12-10(7-17)11(16)13-5-3-2-4-9(13)6-14/h9-10,14,17H,2-7H2,1H3,(H,12,15). The summed E-state index contributed by atoms with van der Waals surface area (Å²) in [6.07, 6.45) is 2.80. The summed E-state index contributed by atoms with van der Waals surface area (Å²) >= 11 is 4.08. The maximum Gasteiger partial charge on any atom is 0.246 e. The molecule has 0 saturated carbocycles. The van der Waals surface area contributed by atoms with Crippen LogP contribution in [0, 0.1) is 0 Å². The van der Waals surface area contributed by atoms with E-state index in [1.165, 1.54) is 6.92 Å². The number of nitrogens with zero attached hydrogens (tertiary/aromatic N) is 1. The number of likely N-dealkylation sites (tertiary alicyclic amines) is 1. The third-order valence-electron chi connectivity index (χ3n) is 2.98. The second-order valence-electron chi connectivity index (χ2n) is 4.30. The highest BCUT2D eigenvalue weighted by Gasteiger charge is 2.30. The smallest absolute Gasteiger partial charge is 0.246 e. The van der Waals surface area contributed by atoms with Gasteiger partial charge in [0.15, 0.2) is 0 Å². The Morgan fingerprint density at radius 1 is 1.53 bits per heavy atom. The first-order valence-electron chi connectivity index (χ1n) is 5.89. The predicted octanol–water partition coefficient (Wildman–Crippen LogP) is -0.206. The van der Waals surface area contributed by atoms with Gasteiger partial charge in [0.25, 0.3) is 0 Å². The van der Waals surface area contributed by atoms with E-state index in [2.05, 4.69) is 17.9 Å². The molecule has 6 heteroatoms. The summed E-state index contributed by atoms with van der Waals surface area (Å²) in [7, 11) is 0. The highest BCUT2D eigenvalue weighted by molar-refractivity contribution is 7.80. The number of carbonyl (C=O) groups excluding carboxylic acids is 2. The Morgan fingerprint density at radius 3 is 2.76 bits per heavy atom. The predicted molar refractivity (Wildman–Crippen MR) is 67.9 cm³/mol. The lowest BCUT2D eigenvalue weighted by Gasteiger charge is -2.36. The normalized spacial score (nSPS) is 22.1. The summed E-state index contributed by atoms with van der Waals surface area (Å²) in [4.78, 5) is 24.8. The SMILES string of the molecule is CC(=O)NC(CS)C(=O)N1CCCCC1CO. The van der Waals surface area contributed by atoms with Crippen molar-refractivity contribution < 1.29 is 14.7 Å². The number of aliphatic hydroxyl groups excluding tert-OH is 1. The van der Waals surface area contributed by atoms with E-state index in [0.717, 1.165) is 19.3 Å². The maximum atomic E-state index is 12.2. The fourth-order valence-corrected chi connectivity index (χ4v) is 2.36. The van der Waals surface area contributed by atoms with Crippen LogP contribution in [0.1, 0.15) is 26.2 Å². The van der Waals surface area contributed by atoms with Gasteiger partial charge in [-0.05, 0) is 19.3 Å². The topological polar surface area (TPSA) is 69.6 Å². The van der Waals surface area contributed by atoms with Gasteiger partial charge in [0.1, 0.15) is 6.04 Å². The van der Waals surface area contributed by atoms with Gasteiger partial charge in [-0.2, -0.15) is 12.6 Å². The molecule has 17 heavy (non-hydrogen) atoms. The highest BCUT2D eigenvalue weighted by atomic mass is 32.1. The Kier molecular flexibility index (Phi) is 5.77. The van der Waals surface area contributed by atoms with Gasteiger partial charge < -0.3 is 15.3 Å². The van der Waals surface area contributed by atoms with Crippen molar-refractivity contribution in [2.45, 2.75) is 38.3 Å². The minimum Gasteiger partial charge on any atom is -0.394 e. The molecule has 1 aliphatic rings. The Hall–Kier alpha value is -0.750. The summed E-state index contributed by atoms with van der Waals surface area (Å²) in [5, 5.41) is 11.8. The van der Waals surface area contributed by atoms with Crippen LogP contribution in [0.3, 0.4) is 0 Å². The first-order chi connectivity index (χ1) is 8.10. The number of aliphatic hydroxyl groups is 1. The zero-order valence-electron chi connectivity index (χ0n) is 10.1. The number of nitrogens with one attached hydrogen (secondary N) is 1. The van der Waals surface area contributed by atoms with Crippen molar-refractivity contribution in [1.29, 1.82) is 0 Å². The van der Waals surface area contributed by atoms with Crippen LogP contribution in [0.15, 0.2) is 0 Å². The monoisotopic (exact) mass is 260 g/mol. The molecule has 0 aromatic heterocycles.